The highest BCUT2D eigenvalue weighted by molar-refractivity contribution is 5.08. The van der Waals surface area contributed by atoms with Crippen LogP contribution in [0.15, 0.2) is 12.2 Å². The van der Waals surface area contributed by atoms with Gasteiger partial charge in [-0.2, -0.15) is 0 Å². The van der Waals surface area contributed by atoms with Crippen LogP contribution in [0, 0.1) is 0 Å². The Morgan fingerprint density at radius 2 is 2.19 bits per heavy atom. The third kappa shape index (κ3) is 3.84. The Kier molecular flexibility index (Phi) is 5.94. The average molecular weight is 231 g/mol. The lowest BCUT2D eigenvalue weighted by Crippen LogP contribution is -2.39. The van der Waals surface area contributed by atoms with Gasteiger partial charge in [0.1, 0.15) is 6.61 Å². The van der Waals surface area contributed by atoms with Crippen molar-refractivity contribution in [2.24, 2.45) is 0 Å². The van der Waals surface area contributed by atoms with Crippen LogP contribution in [0.2, 0.25) is 0 Å². The number of nitrogens with zero attached hydrogens (tertiary/aromatic N) is 1. The number of hydrogen-bond acceptors (Lipinski definition) is 5. The maximum Gasteiger partial charge on any atom is 0.206 e. The summed E-state index contributed by atoms with van der Waals surface area (Å²) in [6.07, 6.45) is 0.490. The van der Waals surface area contributed by atoms with E-state index in [0.29, 0.717) is 13.2 Å². The molecular weight excluding hydrogens is 210 g/mol. The molecule has 1 rings (SSSR count). The van der Waals surface area contributed by atoms with Crippen molar-refractivity contribution in [3.05, 3.63) is 12.2 Å². The Hall–Kier alpha value is -0.460. The van der Waals surface area contributed by atoms with Gasteiger partial charge in [0.05, 0.1) is 12.6 Å². The quantitative estimate of drug-likeness (QED) is 0.213. The smallest absolute Gasteiger partial charge is 0.206 e. The second-order valence-electron chi connectivity index (χ2n) is 3.95. The average Bonchev–Trinajstić information content (AvgIpc) is 2.58. The molecule has 0 aromatic rings. The van der Waals surface area contributed by atoms with E-state index in [4.69, 9.17) is 19.2 Å². The minimum atomic E-state index is -0.388. The molecule has 0 aromatic heterocycles. The monoisotopic (exact) mass is 231 g/mol. The zero-order valence-corrected chi connectivity index (χ0v) is 10.3. The summed E-state index contributed by atoms with van der Waals surface area (Å²) < 4.78 is 10.1. The van der Waals surface area contributed by atoms with Crippen LogP contribution < -0.4 is 0 Å². The molecule has 16 heavy (non-hydrogen) atoms. The summed E-state index contributed by atoms with van der Waals surface area (Å²) in [4.78, 5) is 12.4. The highest BCUT2D eigenvalue weighted by Crippen LogP contribution is 2.23. The van der Waals surface area contributed by atoms with Crippen molar-refractivity contribution in [1.29, 1.82) is 0 Å². The molecule has 2 atom stereocenters. The van der Waals surface area contributed by atoms with Gasteiger partial charge in [-0.1, -0.05) is 12.2 Å². The van der Waals surface area contributed by atoms with Gasteiger partial charge in [-0.05, 0) is 13.5 Å². The lowest BCUT2D eigenvalue weighted by molar-refractivity contribution is -0.385. The van der Waals surface area contributed by atoms with Crippen molar-refractivity contribution in [3.8, 4) is 0 Å². The fraction of sp³-hybridized carbons (Fsp3) is 0.818. The molecule has 1 fully saturated rings. The predicted molar refractivity (Wildman–Crippen MR) is 59.9 cm³/mol. The Balaban J connectivity index is 2.32. The molecule has 94 valence electrons. The first-order valence-electron chi connectivity index (χ1n) is 5.36. The van der Waals surface area contributed by atoms with Gasteiger partial charge in [0.2, 0.25) is 6.29 Å². The minimum absolute atomic E-state index is 0.167. The number of methoxy groups -OCH3 is 2. The largest absolute Gasteiger partial charge is 0.382 e. The zero-order chi connectivity index (χ0) is 12.0. The standard InChI is InChI=1S/C11H21NO4/c1-9-7-10(12(2)8-9)11(14-4)16-15-6-5-13-3/h10-11H,1,5-8H2,2-4H3. The predicted octanol–water partition coefficient (Wildman–Crippen LogP) is 0.814. The Bertz CT molecular complexity index is 222. The van der Waals surface area contributed by atoms with Crippen LogP contribution in [0.1, 0.15) is 6.42 Å². The van der Waals surface area contributed by atoms with Gasteiger partial charge in [0.25, 0.3) is 0 Å². The first-order valence-corrected chi connectivity index (χ1v) is 5.36. The van der Waals surface area contributed by atoms with Crippen molar-refractivity contribution in [2.75, 3.05) is 41.0 Å². The van der Waals surface area contributed by atoms with E-state index in [0.717, 1.165) is 13.0 Å². The van der Waals surface area contributed by atoms with Gasteiger partial charge in [0, 0.05) is 20.8 Å². The van der Waals surface area contributed by atoms with Crippen molar-refractivity contribution in [2.45, 2.75) is 18.8 Å². The Labute approximate surface area is 96.8 Å². The van der Waals surface area contributed by atoms with Gasteiger partial charge in [-0.3, -0.25) is 4.90 Å². The maximum absolute atomic E-state index is 5.26. The van der Waals surface area contributed by atoms with Crippen LogP contribution in [-0.2, 0) is 19.2 Å². The zero-order valence-electron chi connectivity index (χ0n) is 10.3. The van der Waals surface area contributed by atoms with E-state index in [1.165, 1.54) is 5.57 Å². The summed E-state index contributed by atoms with van der Waals surface area (Å²) in [7, 11) is 5.25. The molecule has 1 aliphatic rings. The molecule has 0 radical (unpaired) electrons. The second kappa shape index (κ2) is 6.98. The highest BCUT2D eigenvalue weighted by Gasteiger charge is 2.32. The fourth-order valence-corrected chi connectivity index (χ4v) is 1.78. The van der Waals surface area contributed by atoms with E-state index in [2.05, 4.69) is 11.5 Å². The van der Waals surface area contributed by atoms with Crippen LogP contribution in [-0.4, -0.2) is 58.3 Å². The van der Waals surface area contributed by atoms with Crippen LogP contribution in [0.4, 0.5) is 0 Å². The first-order chi connectivity index (χ1) is 7.69. The van der Waals surface area contributed by atoms with E-state index < -0.39 is 0 Å². The van der Waals surface area contributed by atoms with Crippen LogP contribution >= 0.6 is 0 Å². The van der Waals surface area contributed by atoms with Crippen molar-refractivity contribution in [3.63, 3.8) is 0 Å². The topological polar surface area (TPSA) is 40.2 Å². The Morgan fingerprint density at radius 3 is 2.69 bits per heavy atom. The molecule has 0 amide bonds. The lowest BCUT2D eigenvalue weighted by atomic mass is 10.2. The third-order valence-electron chi connectivity index (χ3n) is 2.62. The van der Waals surface area contributed by atoms with Crippen LogP contribution in [0.3, 0.4) is 0 Å². The molecule has 0 aromatic carbocycles. The number of hydrogen-bond donors (Lipinski definition) is 0. The molecule has 1 saturated heterocycles. The minimum Gasteiger partial charge on any atom is -0.382 e. The van der Waals surface area contributed by atoms with Crippen molar-refractivity contribution < 1.29 is 19.2 Å². The third-order valence-corrected chi connectivity index (χ3v) is 2.62. The van der Waals surface area contributed by atoms with E-state index in [-0.39, 0.29) is 12.3 Å². The normalized spacial score (nSPS) is 23.9. The molecule has 0 aliphatic carbocycles. The van der Waals surface area contributed by atoms with Gasteiger partial charge in [0.15, 0.2) is 0 Å². The van der Waals surface area contributed by atoms with Gasteiger partial charge in [-0.25, -0.2) is 9.78 Å². The molecule has 0 saturated carbocycles. The summed E-state index contributed by atoms with van der Waals surface area (Å²) in [5.41, 5.74) is 1.19. The SMILES string of the molecule is C=C1CC(C(OC)OOCCOC)N(C)C1. The Morgan fingerprint density at radius 1 is 1.44 bits per heavy atom. The number of rotatable bonds is 7. The van der Waals surface area contributed by atoms with Gasteiger partial charge >= 0.3 is 0 Å². The summed E-state index contributed by atoms with van der Waals surface area (Å²) in [6.45, 7) is 5.75. The maximum atomic E-state index is 5.26. The van der Waals surface area contributed by atoms with Gasteiger partial charge < -0.3 is 9.47 Å². The number of likely N-dealkylation sites (tertiary alicyclic amines) is 1. The molecule has 5 nitrogen and oxygen atoms in total. The summed E-state index contributed by atoms with van der Waals surface area (Å²) in [5.74, 6) is 0. The molecule has 5 heteroatoms. The molecule has 1 heterocycles. The number of ether oxygens (including phenoxy) is 2. The lowest BCUT2D eigenvalue weighted by Gasteiger charge is -2.26. The van der Waals surface area contributed by atoms with E-state index in [1.54, 1.807) is 14.2 Å². The van der Waals surface area contributed by atoms with Gasteiger partial charge in [-0.15, -0.1) is 0 Å². The highest BCUT2D eigenvalue weighted by atomic mass is 17.2. The summed E-state index contributed by atoms with van der Waals surface area (Å²) in [5, 5.41) is 0. The van der Waals surface area contributed by atoms with Crippen LogP contribution in [0.5, 0.6) is 0 Å². The van der Waals surface area contributed by atoms with E-state index in [1.807, 2.05) is 7.05 Å². The molecule has 1 aliphatic heterocycles. The number of likely N-dealkylation sites (N-methyl/N-ethyl adjacent to an activating group) is 1. The van der Waals surface area contributed by atoms with Crippen molar-refractivity contribution >= 4 is 0 Å². The molecule has 0 spiro atoms. The molecule has 0 N–H and O–H groups in total. The summed E-state index contributed by atoms with van der Waals surface area (Å²) in [6, 6.07) is 0.167. The van der Waals surface area contributed by atoms with E-state index in [9.17, 15) is 0 Å². The van der Waals surface area contributed by atoms with E-state index >= 15 is 0 Å². The first kappa shape index (κ1) is 13.6. The second-order valence-corrected chi connectivity index (χ2v) is 3.95. The summed E-state index contributed by atoms with van der Waals surface area (Å²) >= 11 is 0. The van der Waals surface area contributed by atoms with Crippen molar-refractivity contribution in [1.82, 2.24) is 4.90 Å². The van der Waals surface area contributed by atoms with Crippen LogP contribution in [0.25, 0.3) is 0 Å². The molecular formula is C11H21NO4. The molecule has 2 unspecified atom stereocenters. The molecule has 0 bridgehead atoms. The fourth-order valence-electron chi connectivity index (χ4n) is 1.78.